The molecule has 1 saturated heterocycles. The number of halogens is 3. The lowest BCUT2D eigenvalue weighted by Crippen LogP contribution is -2.45. The highest BCUT2D eigenvalue weighted by Crippen LogP contribution is 2.54. The zero-order valence-electron chi connectivity index (χ0n) is 21.2. The Morgan fingerprint density at radius 2 is 1.71 bits per heavy atom. The standard InChI is InChI=1S/C29H33F3N2O4/c30-29(31,32)21-8-6-20(7-9-21)27(37)34-14-12-28(13-15-34)17-25(28)33-26(36)23-16-22(10-11-24(23)35)38-18-19-4-2-1-3-5-19/h1-5,10-11,16,20-21,25,35H,6-9,12-15,17-18H2,(H,33,36). The number of aromatic hydroxyl groups is 1. The third-order valence-electron chi connectivity index (χ3n) is 8.57. The molecule has 1 spiro atoms. The summed E-state index contributed by atoms with van der Waals surface area (Å²) in [5.41, 5.74) is 1.07. The smallest absolute Gasteiger partial charge is 0.391 e. The molecule has 6 nitrogen and oxygen atoms in total. The Bertz CT molecular complexity index is 1150. The summed E-state index contributed by atoms with van der Waals surface area (Å²) in [5.74, 6) is -1.64. The first kappa shape index (κ1) is 26.4. The monoisotopic (exact) mass is 530 g/mol. The molecule has 38 heavy (non-hydrogen) atoms. The highest BCUT2D eigenvalue weighted by Gasteiger charge is 2.56. The molecule has 9 heteroatoms. The minimum atomic E-state index is -4.18. The molecule has 2 aromatic rings. The highest BCUT2D eigenvalue weighted by atomic mass is 19.4. The van der Waals surface area contributed by atoms with Gasteiger partial charge in [-0.05, 0) is 74.1 Å². The van der Waals surface area contributed by atoms with Gasteiger partial charge in [-0.1, -0.05) is 30.3 Å². The minimum absolute atomic E-state index is 0.0249. The van der Waals surface area contributed by atoms with E-state index in [0.29, 0.717) is 38.3 Å². The van der Waals surface area contributed by atoms with Gasteiger partial charge in [0.25, 0.3) is 5.91 Å². The molecule has 5 rings (SSSR count). The van der Waals surface area contributed by atoms with Crippen LogP contribution in [0.4, 0.5) is 13.2 Å². The maximum Gasteiger partial charge on any atom is 0.391 e. The van der Waals surface area contributed by atoms with Gasteiger partial charge in [-0.15, -0.1) is 0 Å². The number of hydrogen-bond acceptors (Lipinski definition) is 4. The summed E-state index contributed by atoms with van der Waals surface area (Å²) in [4.78, 5) is 27.7. The Morgan fingerprint density at radius 3 is 2.37 bits per heavy atom. The second kappa shape index (κ2) is 10.5. The van der Waals surface area contributed by atoms with E-state index in [1.165, 1.54) is 12.1 Å². The molecule has 2 N–H and O–H groups in total. The van der Waals surface area contributed by atoms with Crippen LogP contribution in [-0.2, 0) is 11.4 Å². The number of rotatable bonds is 6. The molecule has 1 aliphatic heterocycles. The van der Waals surface area contributed by atoms with Crippen LogP contribution in [0.1, 0.15) is 60.9 Å². The molecule has 0 radical (unpaired) electrons. The van der Waals surface area contributed by atoms with E-state index in [1.807, 2.05) is 30.3 Å². The highest BCUT2D eigenvalue weighted by molar-refractivity contribution is 5.97. The number of alkyl halides is 3. The van der Waals surface area contributed by atoms with E-state index in [-0.39, 0.29) is 53.3 Å². The molecule has 1 atom stereocenters. The van der Waals surface area contributed by atoms with Gasteiger partial charge in [0, 0.05) is 25.0 Å². The number of nitrogens with zero attached hydrogens (tertiary/aromatic N) is 1. The summed E-state index contributed by atoms with van der Waals surface area (Å²) >= 11 is 0. The maximum atomic E-state index is 13.0. The molecule has 0 bridgehead atoms. The van der Waals surface area contributed by atoms with Gasteiger partial charge in [0.15, 0.2) is 0 Å². The van der Waals surface area contributed by atoms with Gasteiger partial charge in [0.2, 0.25) is 5.91 Å². The summed E-state index contributed by atoms with van der Waals surface area (Å²) in [6.07, 6.45) is -1.25. The number of carbonyl (C=O) groups is 2. The zero-order chi connectivity index (χ0) is 26.9. The van der Waals surface area contributed by atoms with Crippen molar-refractivity contribution < 1.29 is 32.6 Å². The van der Waals surface area contributed by atoms with Crippen molar-refractivity contribution in [1.29, 1.82) is 0 Å². The molecule has 2 aliphatic carbocycles. The number of carbonyl (C=O) groups excluding carboxylic acids is 2. The van der Waals surface area contributed by atoms with Crippen LogP contribution >= 0.6 is 0 Å². The quantitative estimate of drug-likeness (QED) is 0.521. The van der Waals surface area contributed by atoms with Crippen LogP contribution < -0.4 is 10.1 Å². The van der Waals surface area contributed by atoms with E-state index >= 15 is 0 Å². The van der Waals surface area contributed by atoms with Crippen molar-refractivity contribution in [1.82, 2.24) is 10.2 Å². The first-order valence-corrected chi connectivity index (χ1v) is 13.3. The number of phenolic OH excluding ortho intramolecular Hbond substituents is 1. The van der Waals surface area contributed by atoms with Crippen LogP contribution in [0.3, 0.4) is 0 Å². The van der Waals surface area contributed by atoms with Crippen LogP contribution in [-0.4, -0.2) is 47.1 Å². The molecule has 2 amide bonds. The predicted octanol–water partition coefficient (Wildman–Crippen LogP) is 5.45. The Hall–Kier alpha value is -3.23. The van der Waals surface area contributed by atoms with Gasteiger partial charge in [0.1, 0.15) is 18.1 Å². The van der Waals surface area contributed by atoms with Crippen LogP contribution in [0.5, 0.6) is 11.5 Å². The Kier molecular flexibility index (Phi) is 7.29. The molecule has 2 aromatic carbocycles. The number of nitrogens with one attached hydrogen (secondary N) is 1. The van der Waals surface area contributed by atoms with Crippen LogP contribution in [0.2, 0.25) is 0 Å². The molecule has 0 aromatic heterocycles. The Balaban J connectivity index is 1.10. The van der Waals surface area contributed by atoms with E-state index < -0.39 is 12.1 Å². The van der Waals surface area contributed by atoms with Crippen LogP contribution in [0, 0.1) is 17.3 Å². The van der Waals surface area contributed by atoms with Gasteiger partial charge < -0.3 is 20.1 Å². The molecule has 3 fully saturated rings. The van der Waals surface area contributed by atoms with E-state index in [4.69, 9.17) is 4.74 Å². The molecular formula is C29H33F3N2O4. The summed E-state index contributed by atoms with van der Waals surface area (Å²) in [7, 11) is 0. The average molecular weight is 531 g/mol. The summed E-state index contributed by atoms with van der Waals surface area (Å²) < 4.78 is 44.6. The molecular weight excluding hydrogens is 497 g/mol. The lowest BCUT2D eigenvalue weighted by Gasteiger charge is -2.37. The fourth-order valence-electron chi connectivity index (χ4n) is 5.97. The average Bonchev–Trinajstić information content (AvgIpc) is 3.58. The van der Waals surface area contributed by atoms with Gasteiger partial charge in [-0.3, -0.25) is 9.59 Å². The first-order valence-electron chi connectivity index (χ1n) is 13.3. The van der Waals surface area contributed by atoms with Crippen molar-refractivity contribution in [2.24, 2.45) is 17.3 Å². The topological polar surface area (TPSA) is 78.9 Å². The van der Waals surface area contributed by atoms with Gasteiger partial charge in [0.05, 0.1) is 11.5 Å². The molecule has 2 saturated carbocycles. The third kappa shape index (κ3) is 5.76. The number of benzene rings is 2. The van der Waals surface area contributed by atoms with Crippen molar-refractivity contribution in [3.05, 3.63) is 59.7 Å². The molecule has 1 heterocycles. The fraction of sp³-hybridized carbons (Fsp3) is 0.517. The normalized spacial score (nSPS) is 24.6. The van der Waals surface area contributed by atoms with E-state index in [0.717, 1.165) is 24.8 Å². The summed E-state index contributed by atoms with van der Waals surface area (Å²) in [5, 5.41) is 13.3. The number of amides is 2. The zero-order valence-corrected chi connectivity index (χ0v) is 21.2. The summed E-state index contributed by atoms with van der Waals surface area (Å²) in [6, 6.07) is 14.2. The summed E-state index contributed by atoms with van der Waals surface area (Å²) in [6.45, 7) is 1.45. The van der Waals surface area contributed by atoms with Gasteiger partial charge in [-0.25, -0.2) is 0 Å². The van der Waals surface area contributed by atoms with E-state index in [1.54, 1.807) is 11.0 Å². The largest absolute Gasteiger partial charge is 0.507 e. The Labute approximate surface area is 220 Å². The molecule has 3 aliphatic rings. The number of likely N-dealkylation sites (tertiary alicyclic amines) is 1. The van der Waals surface area contributed by atoms with Crippen LogP contribution in [0.25, 0.3) is 0 Å². The maximum absolute atomic E-state index is 13.0. The van der Waals surface area contributed by atoms with Gasteiger partial charge >= 0.3 is 6.18 Å². The number of piperidine rings is 1. The predicted molar refractivity (Wildman–Crippen MR) is 135 cm³/mol. The number of ether oxygens (including phenoxy) is 1. The van der Waals surface area contributed by atoms with Gasteiger partial charge in [-0.2, -0.15) is 13.2 Å². The van der Waals surface area contributed by atoms with E-state index in [9.17, 15) is 27.9 Å². The Morgan fingerprint density at radius 1 is 1.03 bits per heavy atom. The van der Waals surface area contributed by atoms with Crippen molar-refractivity contribution in [3.8, 4) is 11.5 Å². The number of phenols is 1. The fourth-order valence-corrected chi connectivity index (χ4v) is 5.97. The minimum Gasteiger partial charge on any atom is -0.507 e. The van der Waals surface area contributed by atoms with E-state index in [2.05, 4.69) is 5.32 Å². The van der Waals surface area contributed by atoms with Crippen molar-refractivity contribution in [2.75, 3.05) is 13.1 Å². The lowest BCUT2D eigenvalue weighted by molar-refractivity contribution is -0.185. The van der Waals surface area contributed by atoms with Crippen molar-refractivity contribution >= 4 is 11.8 Å². The second-order valence-electron chi connectivity index (χ2n) is 11.0. The van der Waals surface area contributed by atoms with Crippen molar-refractivity contribution in [2.45, 2.75) is 63.8 Å². The SMILES string of the molecule is O=C(NC1CC12CCN(C(=O)C1CCC(C(F)(F)F)CC1)CC2)c1cc(OCc2ccccc2)ccc1O. The second-order valence-corrected chi connectivity index (χ2v) is 11.0. The lowest BCUT2D eigenvalue weighted by atomic mass is 9.80. The number of hydrogen-bond donors (Lipinski definition) is 2. The van der Waals surface area contributed by atoms with Crippen molar-refractivity contribution in [3.63, 3.8) is 0 Å². The van der Waals surface area contributed by atoms with Crippen LogP contribution in [0.15, 0.2) is 48.5 Å². The first-order chi connectivity index (χ1) is 18.1. The molecule has 204 valence electrons. The third-order valence-corrected chi connectivity index (χ3v) is 8.57. The molecule has 1 unspecified atom stereocenters.